The van der Waals surface area contributed by atoms with E-state index in [4.69, 9.17) is 4.74 Å². The van der Waals surface area contributed by atoms with Crippen molar-refractivity contribution in [3.63, 3.8) is 0 Å². The van der Waals surface area contributed by atoms with Crippen LogP contribution in [0.15, 0.2) is 48.5 Å². The summed E-state index contributed by atoms with van der Waals surface area (Å²) in [5.41, 5.74) is 1.51. The van der Waals surface area contributed by atoms with Crippen molar-refractivity contribution in [2.24, 2.45) is 0 Å². The first-order valence-corrected chi connectivity index (χ1v) is 8.63. The Bertz CT molecular complexity index is 761. The lowest BCUT2D eigenvalue weighted by molar-refractivity contribution is -0.123. The van der Waals surface area contributed by atoms with Crippen molar-refractivity contribution in [2.75, 3.05) is 18.6 Å². The van der Waals surface area contributed by atoms with Gasteiger partial charge in [0.2, 0.25) is 0 Å². The van der Waals surface area contributed by atoms with Gasteiger partial charge >= 0.3 is 6.03 Å². The van der Waals surface area contributed by atoms with Crippen molar-refractivity contribution in [3.8, 4) is 5.75 Å². The number of nitrogens with zero attached hydrogens (tertiary/aromatic N) is 1. The maximum atomic E-state index is 12.8. The second-order valence-corrected chi connectivity index (χ2v) is 6.35. The summed E-state index contributed by atoms with van der Waals surface area (Å²) in [4.78, 5) is 25.3. The number of rotatable bonds is 7. The number of ether oxygens (including phenoxy) is 1. The Morgan fingerprint density at radius 2 is 1.70 bits per heavy atom. The molecule has 0 saturated carbocycles. The topological polar surface area (TPSA) is 70.7 Å². The zero-order chi connectivity index (χ0) is 19.8. The predicted molar refractivity (Wildman–Crippen MR) is 102 cm³/mol. The highest BCUT2D eigenvalue weighted by Gasteiger charge is 2.11. The summed E-state index contributed by atoms with van der Waals surface area (Å²) < 4.78 is 18.3. The third kappa shape index (κ3) is 6.62. The predicted octanol–water partition coefficient (Wildman–Crippen LogP) is 3.08. The van der Waals surface area contributed by atoms with Crippen molar-refractivity contribution in [1.82, 2.24) is 10.6 Å². The highest BCUT2D eigenvalue weighted by molar-refractivity contribution is 5.91. The van der Waals surface area contributed by atoms with Crippen LogP contribution in [-0.4, -0.2) is 31.6 Å². The van der Waals surface area contributed by atoms with Crippen LogP contribution in [0.4, 0.5) is 14.9 Å². The molecule has 0 spiro atoms. The lowest BCUT2D eigenvalue weighted by Crippen LogP contribution is -2.40. The van der Waals surface area contributed by atoms with Gasteiger partial charge in [-0.25, -0.2) is 9.18 Å². The lowest BCUT2D eigenvalue weighted by Gasteiger charge is -2.20. The number of amides is 3. The molecule has 0 bridgehead atoms. The summed E-state index contributed by atoms with van der Waals surface area (Å²) in [6, 6.07) is 12.6. The van der Waals surface area contributed by atoms with Crippen LogP contribution in [0.5, 0.6) is 5.75 Å². The minimum absolute atomic E-state index is 0.0518. The zero-order valence-corrected chi connectivity index (χ0v) is 15.7. The van der Waals surface area contributed by atoms with Crippen LogP contribution in [0.2, 0.25) is 0 Å². The number of anilines is 1. The molecule has 6 nitrogen and oxygen atoms in total. The average molecular weight is 373 g/mol. The van der Waals surface area contributed by atoms with Gasteiger partial charge in [-0.15, -0.1) is 0 Å². The fourth-order valence-corrected chi connectivity index (χ4v) is 2.23. The third-order valence-corrected chi connectivity index (χ3v) is 3.71. The molecule has 2 aromatic rings. The number of benzene rings is 2. The van der Waals surface area contributed by atoms with E-state index in [1.54, 1.807) is 43.4 Å². The van der Waals surface area contributed by atoms with Gasteiger partial charge in [0.05, 0.1) is 0 Å². The smallest absolute Gasteiger partial charge is 0.321 e. The number of halogens is 1. The number of carbonyl (C=O) groups is 2. The summed E-state index contributed by atoms with van der Waals surface area (Å²) in [7, 11) is 1.68. The van der Waals surface area contributed by atoms with Crippen LogP contribution >= 0.6 is 0 Å². The van der Waals surface area contributed by atoms with Gasteiger partial charge in [-0.2, -0.15) is 0 Å². The summed E-state index contributed by atoms with van der Waals surface area (Å²) in [6.45, 7) is 3.95. The summed E-state index contributed by atoms with van der Waals surface area (Å²) >= 11 is 0. The van der Waals surface area contributed by atoms with Crippen LogP contribution in [0, 0.1) is 5.82 Å². The van der Waals surface area contributed by atoms with E-state index in [0.717, 1.165) is 5.56 Å². The summed E-state index contributed by atoms with van der Waals surface area (Å²) in [5, 5.41) is 5.51. The van der Waals surface area contributed by atoms with E-state index in [2.05, 4.69) is 10.6 Å². The Balaban J connectivity index is 1.79. The Hall–Kier alpha value is -3.09. The van der Waals surface area contributed by atoms with E-state index in [1.807, 2.05) is 13.8 Å². The second kappa shape index (κ2) is 9.56. The number of urea groups is 1. The number of hydrogen-bond acceptors (Lipinski definition) is 3. The molecule has 0 aliphatic rings. The van der Waals surface area contributed by atoms with Gasteiger partial charge in [0.15, 0.2) is 6.61 Å². The normalized spacial score (nSPS) is 10.4. The molecule has 2 aromatic carbocycles. The molecule has 0 aliphatic heterocycles. The minimum Gasteiger partial charge on any atom is -0.484 e. The molecule has 7 heteroatoms. The van der Waals surface area contributed by atoms with E-state index in [1.165, 1.54) is 17.0 Å². The van der Waals surface area contributed by atoms with Crippen molar-refractivity contribution < 1.29 is 18.7 Å². The molecule has 0 heterocycles. The lowest BCUT2D eigenvalue weighted by atomic mass is 10.2. The maximum Gasteiger partial charge on any atom is 0.321 e. The number of hydrogen-bond donors (Lipinski definition) is 2. The van der Waals surface area contributed by atoms with Crippen LogP contribution in [0.1, 0.15) is 19.4 Å². The molecule has 0 atom stereocenters. The number of carbonyl (C=O) groups excluding carboxylic acids is 2. The summed E-state index contributed by atoms with van der Waals surface area (Å²) in [5.74, 6) is -0.0747. The Morgan fingerprint density at radius 1 is 1.07 bits per heavy atom. The summed E-state index contributed by atoms with van der Waals surface area (Å²) in [6.07, 6.45) is 0. The Morgan fingerprint density at radius 3 is 2.30 bits per heavy atom. The Kier molecular flexibility index (Phi) is 7.16. The average Bonchev–Trinajstić information content (AvgIpc) is 2.65. The highest BCUT2D eigenvalue weighted by Crippen LogP contribution is 2.18. The van der Waals surface area contributed by atoms with Crippen molar-refractivity contribution >= 4 is 17.6 Å². The van der Waals surface area contributed by atoms with Gasteiger partial charge in [-0.3, -0.25) is 9.69 Å². The molecule has 0 saturated heterocycles. The largest absolute Gasteiger partial charge is 0.484 e. The van der Waals surface area contributed by atoms with E-state index in [0.29, 0.717) is 18.0 Å². The van der Waals surface area contributed by atoms with Crippen molar-refractivity contribution in [2.45, 2.75) is 26.4 Å². The molecule has 0 unspecified atom stereocenters. The first kappa shape index (κ1) is 20.2. The molecule has 0 aromatic heterocycles. The standard InChI is InChI=1S/C20H24FN3O3/c1-14(2)23-20(26)24(3)17-8-10-18(11-9-17)27-13-19(25)22-12-15-4-6-16(21)7-5-15/h4-11,14H,12-13H2,1-3H3,(H,22,25)(H,23,26). The quantitative estimate of drug-likeness (QED) is 0.784. The molecule has 3 amide bonds. The van der Waals surface area contributed by atoms with Crippen LogP contribution in [-0.2, 0) is 11.3 Å². The fraction of sp³-hybridized carbons (Fsp3) is 0.300. The molecule has 2 N–H and O–H groups in total. The highest BCUT2D eigenvalue weighted by atomic mass is 19.1. The molecule has 0 aliphatic carbocycles. The van der Waals surface area contributed by atoms with Crippen molar-refractivity contribution in [1.29, 1.82) is 0 Å². The SMILES string of the molecule is CC(C)NC(=O)N(C)c1ccc(OCC(=O)NCc2ccc(F)cc2)cc1. The van der Waals surface area contributed by atoms with Crippen LogP contribution in [0.25, 0.3) is 0 Å². The molecular formula is C20H24FN3O3. The second-order valence-electron chi connectivity index (χ2n) is 6.35. The van der Waals surface area contributed by atoms with Gasteiger partial charge in [-0.1, -0.05) is 12.1 Å². The first-order chi connectivity index (χ1) is 12.8. The van der Waals surface area contributed by atoms with Gasteiger partial charge in [0.25, 0.3) is 5.91 Å². The van der Waals surface area contributed by atoms with Crippen LogP contribution < -0.4 is 20.3 Å². The third-order valence-electron chi connectivity index (χ3n) is 3.71. The fourth-order valence-electron chi connectivity index (χ4n) is 2.23. The van der Waals surface area contributed by atoms with Gasteiger partial charge < -0.3 is 15.4 Å². The van der Waals surface area contributed by atoms with Crippen molar-refractivity contribution in [3.05, 3.63) is 59.9 Å². The van der Waals surface area contributed by atoms with E-state index >= 15 is 0 Å². The minimum atomic E-state index is -0.316. The van der Waals surface area contributed by atoms with Gasteiger partial charge in [0, 0.05) is 25.3 Å². The number of nitrogens with one attached hydrogen (secondary N) is 2. The molecule has 0 radical (unpaired) electrons. The first-order valence-electron chi connectivity index (χ1n) is 8.63. The van der Waals surface area contributed by atoms with E-state index in [9.17, 15) is 14.0 Å². The van der Waals surface area contributed by atoms with Gasteiger partial charge in [0.1, 0.15) is 11.6 Å². The molecule has 144 valence electrons. The molecule has 2 rings (SSSR count). The van der Waals surface area contributed by atoms with E-state index in [-0.39, 0.29) is 30.4 Å². The zero-order valence-electron chi connectivity index (χ0n) is 15.7. The van der Waals surface area contributed by atoms with E-state index < -0.39 is 0 Å². The Labute approximate surface area is 158 Å². The maximum absolute atomic E-state index is 12.8. The van der Waals surface area contributed by atoms with Crippen LogP contribution in [0.3, 0.4) is 0 Å². The van der Waals surface area contributed by atoms with Gasteiger partial charge in [-0.05, 0) is 55.8 Å². The molecule has 27 heavy (non-hydrogen) atoms. The monoisotopic (exact) mass is 373 g/mol. The molecule has 0 fully saturated rings. The molecular weight excluding hydrogens is 349 g/mol.